The molecule has 1 aromatic carbocycles. The fourth-order valence-corrected chi connectivity index (χ4v) is 5.59. The van der Waals surface area contributed by atoms with Crippen molar-refractivity contribution in [2.75, 3.05) is 7.11 Å². The second-order valence-corrected chi connectivity index (χ2v) is 10.7. The highest BCUT2D eigenvalue weighted by Gasteiger charge is 2.54. The summed E-state index contributed by atoms with van der Waals surface area (Å²) in [5.74, 6) is 0.761. The van der Waals surface area contributed by atoms with Gasteiger partial charge in [0.1, 0.15) is 16.4 Å². The molecule has 0 amide bonds. The Balaban J connectivity index is 1.71. The third-order valence-electron chi connectivity index (χ3n) is 5.62. The predicted octanol–water partition coefficient (Wildman–Crippen LogP) is 3.90. The van der Waals surface area contributed by atoms with Crippen LogP contribution in [0.4, 0.5) is 0 Å². The number of nitrogens with one attached hydrogen (secondary N) is 1. The van der Waals surface area contributed by atoms with Crippen molar-refractivity contribution in [1.29, 1.82) is 0 Å². The highest BCUT2D eigenvalue weighted by Crippen LogP contribution is 2.47. The minimum atomic E-state index is -1.02. The molecule has 3 aromatic rings. The van der Waals surface area contributed by atoms with Crippen molar-refractivity contribution in [2.24, 2.45) is 0 Å². The molecular formula is C21H28N4O3S2. The highest BCUT2D eigenvalue weighted by molar-refractivity contribution is 7.97. The topological polar surface area (TPSA) is 91.9 Å². The lowest BCUT2D eigenvalue weighted by Crippen LogP contribution is -2.46. The molecule has 1 aliphatic carbocycles. The molecule has 2 aromatic heterocycles. The Kier molecular flexibility index (Phi) is 5.18. The van der Waals surface area contributed by atoms with Gasteiger partial charge in [0.25, 0.3) is 0 Å². The average molecular weight is 449 g/mol. The molecular weight excluding hydrogens is 420 g/mol. The molecule has 0 radical (unpaired) electrons. The molecule has 0 bridgehead atoms. The maximum absolute atomic E-state index is 10.5. The third kappa shape index (κ3) is 3.73. The van der Waals surface area contributed by atoms with Crippen molar-refractivity contribution >= 4 is 28.2 Å². The van der Waals surface area contributed by atoms with Gasteiger partial charge in [-0.2, -0.15) is 5.10 Å². The normalized spacial score (nSPS) is 16.3. The van der Waals surface area contributed by atoms with Crippen LogP contribution >= 0.6 is 23.3 Å². The number of rotatable bonds is 7. The number of imidazole rings is 1. The van der Waals surface area contributed by atoms with E-state index in [9.17, 15) is 10.2 Å². The molecule has 2 heterocycles. The third-order valence-corrected chi connectivity index (χ3v) is 7.87. The van der Waals surface area contributed by atoms with Crippen molar-refractivity contribution in [3.05, 3.63) is 28.9 Å². The first kappa shape index (κ1) is 21.6. The number of nitrogens with zero attached hydrogens (tertiary/aromatic N) is 3. The Hall–Kier alpha value is -1.65. The number of ether oxygens (including phenoxy) is 1. The quantitative estimate of drug-likeness (QED) is 0.472. The van der Waals surface area contributed by atoms with Crippen LogP contribution in [0.15, 0.2) is 23.1 Å². The van der Waals surface area contributed by atoms with Gasteiger partial charge in [-0.1, -0.05) is 11.3 Å². The Labute approximate surface area is 184 Å². The van der Waals surface area contributed by atoms with Gasteiger partial charge in [0, 0.05) is 5.56 Å². The monoisotopic (exact) mass is 448 g/mol. The Morgan fingerprint density at radius 3 is 2.50 bits per heavy atom. The fraction of sp³-hybridized carbons (Fsp3) is 0.524. The molecule has 0 spiro atoms. The second kappa shape index (κ2) is 7.20. The first-order valence-corrected chi connectivity index (χ1v) is 11.5. The maximum Gasteiger partial charge on any atom is 0.213 e. The van der Waals surface area contributed by atoms with E-state index in [2.05, 4.69) is 20.9 Å². The molecule has 7 nitrogen and oxygen atoms in total. The summed E-state index contributed by atoms with van der Waals surface area (Å²) in [7, 11) is 1.65. The van der Waals surface area contributed by atoms with Crippen LogP contribution in [-0.4, -0.2) is 43.1 Å². The SMILES string of the molecule is COc1ccc(-c2c(C)nc3sc(C(C)(C)O)nn23)cc1SNC1(C(C)(C)O)CC1. The lowest BCUT2D eigenvalue weighted by molar-refractivity contribution is 0.0361. The molecule has 0 saturated heterocycles. The van der Waals surface area contributed by atoms with Crippen LogP contribution in [0.5, 0.6) is 5.75 Å². The van der Waals surface area contributed by atoms with Crippen LogP contribution in [0.2, 0.25) is 0 Å². The van der Waals surface area contributed by atoms with E-state index in [-0.39, 0.29) is 5.54 Å². The van der Waals surface area contributed by atoms with Gasteiger partial charge < -0.3 is 14.9 Å². The minimum absolute atomic E-state index is 0.283. The van der Waals surface area contributed by atoms with Gasteiger partial charge in [-0.25, -0.2) is 9.50 Å². The molecule has 162 valence electrons. The van der Waals surface area contributed by atoms with Gasteiger partial charge in [0.15, 0.2) is 0 Å². The lowest BCUT2D eigenvalue weighted by Gasteiger charge is -2.30. The zero-order valence-corrected chi connectivity index (χ0v) is 19.7. The molecule has 1 aliphatic rings. The summed E-state index contributed by atoms with van der Waals surface area (Å²) in [6.07, 6.45) is 1.87. The Morgan fingerprint density at radius 2 is 1.93 bits per heavy atom. The summed E-state index contributed by atoms with van der Waals surface area (Å²) in [5.41, 5.74) is 0.634. The van der Waals surface area contributed by atoms with Crippen molar-refractivity contribution < 1.29 is 14.9 Å². The van der Waals surface area contributed by atoms with E-state index in [1.54, 1.807) is 25.5 Å². The summed E-state index contributed by atoms with van der Waals surface area (Å²) in [6.45, 7) is 9.10. The summed E-state index contributed by atoms with van der Waals surface area (Å²) >= 11 is 2.87. The molecule has 1 saturated carbocycles. The smallest absolute Gasteiger partial charge is 0.213 e. The number of methoxy groups -OCH3 is 1. The van der Waals surface area contributed by atoms with Gasteiger partial charge in [-0.15, -0.1) is 0 Å². The Morgan fingerprint density at radius 1 is 1.23 bits per heavy atom. The number of aliphatic hydroxyl groups is 2. The largest absolute Gasteiger partial charge is 0.496 e. The standard InChI is InChI=1S/C21H28N4O3S2/c1-12-16(25-18(22-12)29-17(23-25)19(2,3)26)13-7-8-14(28-6)15(11-13)30-24-21(9-10-21)20(4,5)27/h7-8,11,24,26-27H,9-10H2,1-6H3. The van der Waals surface area contributed by atoms with Crippen molar-refractivity contribution in [3.8, 4) is 17.0 Å². The summed E-state index contributed by atoms with van der Waals surface area (Å²) in [6, 6.07) is 5.98. The number of hydrogen-bond acceptors (Lipinski definition) is 8. The molecule has 30 heavy (non-hydrogen) atoms. The number of aryl methyl sites for hydroxylation is 1. The van der Waals surface area contributed by atoms with Gasteiger partial charge in [0.05, 0.1) is 34.5 Å². The Bertz CT molecular complexity index is 1090. The van der Waals surface area contributed by atoms with Crippen LogP contribution in [0.1, 0.15) is 51.2 Å². The van der Waals surface area contributed by atoms with Crippen molar-refractivity contribution in [2.45, 2.75) is 69.1 Å². The first-order chi connectivity index (χ1) is 13.9. The van der Waals surface area contributed by atoms with E-state index in [0.717, 1.165) is 45.4 Å². The van der Waals surface area contributed by atoms with Crippen LogP contribution in [0, 0.1) is 6.92 Å². The predicted molar refractivity (Wildman–Crippen MR) is 120 cm³/mol. The van der Waals surface area contributed by atoms with Gasteiger partial charge in [-0.3, -0.25) is 4.72 Å². The average Bonchev–Trinajstić information content (AvgIpc) is 3.25. The molecule has 4 rings (SSSR count). The van der Waals surface area contributed by atoms with Crippen LogP contribution in [0.25, 0.3) is 16.2 Å². The number of aromatic nitrogens is 3. The molecule has 1 fully saturated rings. The zero-order valence-electron chi connectivity index (χ0n) is 18.1. The van der Waals surface area contributed by atoms with E-state index >= 15 is 0 Å². The van der Waals surface area contributed by atoms with Crippen molar-refractivity contribution in [3.63, 3.8) is 0 Å². The van der Waals surface area contributed by atoms with E-state index < -0.39 is 11.2 Å². The summed E-state index contributed by atoms with van der Waals surface area (Å²) in [4.78, 5) is 6.32. The maximum atomic E-state index is 10.5. The van der Waals surface area contributed by atoms with Gasteiger partial charge >= 0.3 is 0 Å². The summed E-state index contributed by atoms with van der Waals surface area (Å²) in [5, 5.41) is 26.1. The van der Waals surface area contributed by atoms with Gasteiger partial charge in [0.2, 0.25) is 4.96 Å². The molecule has 0 aliphatic heterocycles. The molecule has 9 heteroatoms. The second-order valence-electron chi connectivity index (χ2n) is 8.92. The fourth-order valence-electron chi connectivity index (χ4n) is 3.45. The highest BCUT2D eigenvalue weighted by atomic mass is 32.2. The zero-order chi connectivity index (χ0) is 21.9. The number of benzene rings is 1. The van der Waals surface area contributed by atoms with E-state index in [1.165, 1.54) is 23.3 Å². The van der Waals surface area contributed by atoms with E-state index in [4.69, 9.17) is 4.74 Å². The van der Waals surface area contributed by atoms with Crippen LogP contribution < -0.4 is 9.46 Å². The van der Waals surface area contributed by atoms with Gasteiger partial charge in [-0.05, 0) is 77.6 Å². The number of hydrogen-bond donors (Lipinski definition) is 3. The number of fused-ring (bicyclic) bond motifs is 1. The molecule has 0 unspecified atom stereocenters. The van der Waals surface area contributed by atoms with E-state index in [0.29, 0.717) is 5.01 Å². The summed E-state index contributed by atoms with van der Waals surface area (Å²) < 4.78 is 10.8. The molecule has 0 atom stereocenters. The van der Waals surface area contributed by atoms with Crippen molar-refractivity contribution in [1.82, 2.24) is 19.3 Å². The minimum Gasteiger partial charge on any atom is -0.496 e. The first-order valence-electron chi connectivity index (χ1n) is 9.89. The molecule has 3 N–H and O–H groups in total. The van der Waals surface area contributed by atoms with E-state index in [1.807, 2.05) is 32.9 Å². The van der Waals surface area contributed by atoms with Crippen LogP contribution in [0.3, 0.4) is 0 Å². The lowest BCUT2D eigenvalue weighted by atomic mass is 9.98. The van der Waals surface area contributed by atoms with Crippen LogP contribution in [-0.2, 0) is 5.60 Å².